The second-order valence-corrected chi connectivity index (χ2v) is 7.26. The molecule has 7 nitrogen and oxygen atoms in total. The van der Waals surface area contributed by atoms with Crippen LogP contribution in [0.25, 0.3) is 22.4 Å². The van der Waals surface area contributed by atoms with E-state index in [1.807, 2.05) is 30.3 Å². The van der Waals surface area contributed by atoms with Crippen LogP contribution >= 0.6 is 0 Å². The van der Waals surface area contributed by atoms with Gasteiger partial charge in [0.05, 0.1) is 18.0 Å². The average Bonchev–Trinajstić information content (AvgIpc) is 3.20. The number of fused-ring (bicyclic) bond motifs is 3. The third kappa shape index (κ3) is 2.74. The Morgan fingerprint density at radius 2 is 1.86 bits per heavy atom. The molecular formula is C21H21N5O2. The van der Waals surface area contributed by atoms with Crippen molar-refractivity contribution in [3.05, 3.63) is 58.9 Å². The predicted molar refractivity (Wildman–Crippen MR) is 106 cm³/mol. The number of ether oxygens (including phenoxy) is 1. The SMILES string of the molecule is COc1ccc(-n2ccc3c(cnc4nc(C5CCCCC5)nn43)c2=O)cc1. The van der Waals surface area contributed by atoms with Crippen molar-refractivity contribution >= 4 is 16.7 Å². The Kier molecular flexibility index (Phi) is 4.07. The molecule has 5 rings (SSSR count). The maximum atomic E-state index is 13.1. The summed E-state index contributed by atoms with van der Waals surface area (Å²) in [6.45, 7) is 0. The summed E-state index contributed by atoms with van der Waals surface area (Å²) in [5, 5.41) is 5.23. The molecule has 0 N–H and O–H groups in total. The third-order valence-corrected chi connectivity index (χ3v) is 5.57. The van der Waals surface area contributed by atoms with E-state index >= 15 is 0 Å². The molecule has 0 unspecified atom stereocenters. The lowest BCUT2D eigenvalue weighted by atomic mass is 9.89. The van der Waals surface area contributed by atoms with Crippen LogP contribution in [0.4, 0.5) is 0 Å². The highest BCUT2D eigenvalue weighted by molar-refractivity contribution is 5.79. The van der Waals surface area contributed by atoms with Gasteiger partial charge in [-0.3, -0.25) is 9.36 Å². The summed E-state index contributed by atoms with van der Waals surface area (Å²) < 4.78 is 8.50. The fraction of sp³-hybridized carbons (Fsp3) is 0.333. The highest BCUT2D eigenvalue weighted by Crippen LogP contribution is 2.31. The molecule has 1 aliphatic rings. The molecule has 0 aliphatic heterocycles. The summed E-state index contributed by atoms with van der Waals surface area (Å²) >= 11 is 0. The lowest BCUT2D eigenvalue weighted by Crippen LogP contribution is -2.18. The van der Waals surface area contributed by atoms with Crippen molar-refractivity contribution in [2.24, 2.45) is 0 Å². The van der Waals surface area contributed by atoms with E-state index in [9.17, 15) is 4.79 Å². The largest absolute Gasteiger partial charge is 0.497 e. The van der Waals surface area contributed by atoms with Gasteiger partial charge in [-0.2, -0.15) is 9.50 Å². The zero-order chi connectivity index (χ0) is 19.1. The summed E-state index contributed by atoms with van der Waals surface area (Å²) in [6.07, 6.45) is 9.36. The summed E-state index contributed by atoms with van der Waals surface area (Å²) in [5.41, 5.74) is 1.37. The first-order valence-corrected chi connectivity index (χ1v) is 9.66. The standard InChI is InChI=1S/C21H21N5O2/c1-28-16-9-7-15(8-10-16)25-12-11-18-17(20(25)27)13-22-21-23-19(24-26(18)21)14-5-3-2-4-6-14/h7-14H,2-6H2,1H3. The van der Waals surface area contributed by atoms with Gasteiger partial charge in [0, 0.05) is 24.0 Å². The van der Waals surface area contributed by atoms with Crippen molar-refractivity contribution in [2.75, 3.05) is 7.11 Å². The molecule has 1 aromatic carbocycles. The van der Waals surface area contributed by atoms with E-state index in [0.717, 1.165) is 35.6 Å². The molecule has 3 heterocycles. The van der Waals surface area contributed by atoms with Gasteiger partial charge in [0.2, 0.25) is 0 Å². The minimum absolute atomic E-state index is 0.133. The first-order chi connectivity index (χ1) is 13.7. The van der Waals surface area contributed by atoms with E-state index < -0.39 is 0 Å². The van der Waals surface area contributed by atoms with Gasteiger partial charge in [0.25, 0.3) is 11.3 Å². The lowest BCUT2D eigenvalue weighted by molar-refractivity contribution is 0.414. The Morgan fingerprint density at radius 3 is 2.61 bits per heavy atom. The molecule has 0 saturated heterocycles. The van der Waals surface area contributed by atoms with Crippen molar-refractivity contribution in [3.8, 4) is 11.4 Å². The molecule has 0 spiro atoms. The zero-order valence-electron chi connectivity index (χ0n) is 15.7. The molecule has 0 atom stereocenters. The number of hydrogen-bond acceptors (Lipinski definition) is 5. The van der Waals surface area contributed by atoms with Crippen LogP contribution in [0.15, 0.2) is 47.5 Å². The van der Waals surface area contributed by atoms with Crippen molar-refractivity contribution in [1.29, 1.82) is 0 Å². The normalized spacial score (nSPS) is 15.3. The Labute approximate surface area is 161 Å². The monoisotopic (exact) mass is 375 g/mol. The van der Waals surface area contributed by atoms with E-state index in [-0.39, 0.29) is 5.56 Å². The number of aromatic nitrogens is 5. The molecular weight excluding hydrogens is 354 g/mol. The van der Waals surface area contributed by atoms with Crippen molar-refractivity contribution in [3.63, 3.8) is 0 Å². The molecule has 0 amide bonds. The maximum absolute atomic E-state index is 13.1. The highest BCUT2D eigenvalue weighted by atomic mass is 16.5. The Morgan fingerprint density at radius 1 is 1.07 bits per heavy atom. The van der Waals surface area contributed by atoms with Gasteiger partial charge < -0.3 is 4.74 Å². The van der Waals surface area contributed by atoms with Crippen LogP contribution < -0.4 is 10.3 Å². The van der Waals surface area contributed by atoms with Gasteiger partial charge >= 0.3 is 0 Å². The number of nitrogens with zero attached hydrogens (tertiary/aromatic N) is 5. The van der Waals surface area contributed by atoms with Crippen LogP contribution in [0.5, 0.6) is 5.75 Å². The quantitative estimate of drug-likeness (QED) is 0.548. The van der Waals surface area contributed by atoms with Crippen molar-refractivity contribution in [1.82, 2.24) is 24.1 Å². The number of rotatable bonds is 3. The fourth-order valence-electron chi connectivity index (χ4n) is 4.01. The van der Waals surface area contributed by atoms with Crippen LogP contribution in [-0.2, 0) is 0 Å². The topological polar surface area (TPSA) is 74.3 Å². The van der Waals surface area contributed by atoms with Crippen molar-refractivity contribution in [2.45, 2.75) is 38.0 Å². The minimum Gasteiger partial charge on any atom is -0.497 e. The Balaban J connectivity index is 1.62. The predicted octanol–water partition coefficient (Wildman–Crippen LogP) is 3.48. The average molecular weight is 375 g/mol. The first kappa shape index (κ1) is 16.9. The minimum atomic E-state index is -0.133. The second kappa shape index (κ2) is 6.74. The summed E-state index contributed by atoms with van der Waals surface area (Å²) in [6, 6.07) is 9.28. The molecule has 28 heavy (non-hydrogen) atoms. The number of methoxy groups -OCH3 is 1. The summed E-state index contributed by atoms with van der Waals surface area (Å²) in [4.78, 5) is 22.1. The third-order valence-electron chi connectivity index (χ3n) is 5.57. The van der Waals surface area contributed by atoms with Gasteiger partial charge in [-0.1, -0.05) is 19.3 Å². The van der Waals surface area contributed by atoms with Gasteiger partial charge in [-0.25, -0.2) is 4.98 Å². The molecule has 1 fully saturated rings. The zero-order valence-corrected chi connectivity index (χ0v) is 15.7. The molecule has 1 saturated carbocycles. The smallest absolute Gasteiger partial charge is 0.266 e. The van der Waals surface area contributed by atoms with Gasteiger partial charge in [-0.15, -0.1) is 5.10 Å². The molecule has 7 heteroatoms. The lowest BCUT2D eigenvalue weighted by Gasteiger charge is -2.17. The van der Waals surface area contributed by atoms with Crippen LogP contribution in [0.3, 0.4) is 0 Å². The van der Waals surface area contributed by atoms with Crippen LogP contribution in [-0.4, -0.2) is 31.3 Å². The van der Waals surface area contributed by atoms with E-state index in [1.54, 1.807) is 28.6 Å². The Bertz CT molecular complexity index is 1200. The molecule has 4 aromatic rings. The molecule has 0 radical (unpaired) electrons. The number of benzene rings is 1. The highest BCUT2D eigenvalue weighted by Gasteiger charge is 2.21. The van der Waals surface area contributed by atoms with E-state index in [1.165, 1.54) is 19.3 Å². The van der Waals surface area contributed by atoms with E-state index in [0.29, 0.717) is 17.1 Å². The van der Waals surface area contributed by atoms with E-state index in [2.05, 4.69) is 9.97 Å². The first-order valence-electron chi connectivity index (χ1n) is 9.66. The van der Waals surface area contributed by atoms with E-state index in [4.69, 9.17) is 9.84 Å². The molecule has 1 aliphatic carbocycles. The Hall–Kier alpha value is -3.22. The number of hydrogen-bond donors (Lipinski definition) is 0. The summed E-state index contributed by atoms with van der Waals surface area (Å²) in [5.74, 6) is 2.54. The van der Waals surface area contributed by atoms with Crippen LogP contribution in [0.1, 0.15) is 43.8 Å². The van der Waals surface area contributed by atoms with Crippen LogP contribution in [0.2, 0.25) is 0 Å². The van der Waals surface area contributed by atoms with Gasteiger partial charge in [-0.05, 0) is 43.2 Å². The summed E-state index contributed by atoms with van der Waals surface area (Å²) in [7, 11) is 1.62. The van der Waals surface area contributed by atoms with Crippen LogP contribution in [0, 0.1) is 0 Å². The molecule has 0 bridgehead atoms. The van der Waals surface area contributed by atoms with Crippen molar-refractivity contribution < 1.29 is 4.74 Å². The van der Waals surface area contributed by atoms with Gasteiger partial charge in [0.15, 0.2) is 5.82 Å². The van der Waals surface area contributed by atoms with Gasteiger partial charge in [0.1, 0.15) is 5.75 Å². The molecule has 142 valence electrons. The fourth-order valence-corrected chi connectivity index (χ4v) is 4.01. The maximum Gasteiger partial charge on any atom is 0.266 e. The number of pyridine rings is 1. The molecule has 3 aromatic heterocycles. The second-order valence-electron chi connectivity index (χ2n) is 7.26.